The van der Waals surface area contributed by atoms with E-state index in [1.807, 2.05) is 6.07 Å². The number of hydrogen-bond donors (Lipinski definition) is 2. The van der Waals surface area contributed by atoms with Crippen molar-refractivity contribution < 1.29 is 19.0 Å². The Morgan fingerprint density at radius 1 is 1.23 bits per heavy atom. The first-order valence-electron chi connectivity index (χ1n) is 9.23. The number of rotatable bonds is 4. The maximum Gasteiger partial charge on any atom is 0.231 e. The summed E-state index contributed by atoms with van der Waals surface area (Å²) in [4.78, 5) is 12.6. The topological polar surface area (TPSA) is 68.8 Å². The predicted octanol–water partition coefficient (Wildman–Crippen LogP) is 2.00. The minimum atomic E-state index is -0.100. The van der Waals surface area contributed by atoms with Crippen LogP contribution in [-0.2, 0) is 14.9 Å². The van der Waals surface area contributed by atoms with Gasteiger partial charge in [-0.15, -0.1) is 12.4 Å². The average molecular weight is 383 g/mol. The van der Waals surface area contributed by atoms with Crippen LogP contribution in [0.3, 0.4) is 0 Å². The molecule has 0 saturated carbocycles. The molecule has 0 spiro atoms. The van der Waals surface area contributed by atoms with Gasteiger partial charge in [0.15, 0.2) is 11.5 Å². The quantitative estimate of drug-likeness (QED) is 0.833. The van der Waals surface area contributed by atoms with E-state index in [-0.39, 0.29) is 36.4 Å². The fourth-order valence-corrected chi connectivity index (χ4v) is 4.03. The molecule has 4 rings (SSSR count). The number of carbonyl (C=O) groups excluding carboxylic acids is 1. The largest absolute Gasteiger partial charge is 0.454 e. The molecule has 0 aliphatic carbocycles. The van der Waals surface area contributed by atoms with Gasteiger partial charge in [-0.05, 0) is 49.9 Å². The second-order valence-electron chi connectivity index (χ2n) is 7.22. The summed E-state index contributed by atoms with van der Waals surface area (Å²) < 4.78 is 16.6. The van der Waals surface area contributed by atoms with Gasteiger partial charge in [-0.2, -0.15) is 0 Å². The van der Waals surface area contributed by atoms with Crippen molar-refractivity contribution in [2.24, 2.45) is 5.92 Å². The summed E-state index contributed by atoms with van der Waals surface area (Å²) in [7, 11) is 0. The van der Waals surface area contributed by atoms with Gasteiger partial charge in [0.25, 0.3) is 0 Å². The van der Waals surface area contributed by atoms with Gasteiger partial charge in [-0.25, -0.2) is 0 Å². The lowest BCUT2D eigenvalue weighted by atomic mass is 9.74. The van der Waals surface area contributed by atoms with Crippen molar-refractivity contribution in [1.29, 1.82) is 0 Å². The monoisotopic (exact) mass is 382 g/mol. The Kier molecular flexibility index (Phi) is 6.27. The van der Waals surface area contributed by atoms with Crippen LogP contribution in [0.15, 0.2) is 18.2 Å². The maximum absolute atomic E-state index is 12.6. The molecule has 1 aromatic carbocycles. The highest BCUT2D eigenvalue weighted by Gasteiger charge is 2.36. The van der Waals surface area contributed by atoms with E-state index in [1.165, 1.54) is 5.56 Å². The second kappa shape index (κ2) is 8.46. The van der Waals surface area contributed by atoms with E-state index in [0.717, 1.165) is 63.5 Å². The van der Waals surface area contributed by atoms with Crippen LogP contribution < -0.4 is 20.1 Å². The van der Waals surface area contributed by atoms with Crippen molar-refractivity contribution in [3.63, 3.8) is 0 Å². The third-order valence-corrected chi connectivity index (χ3v) is 5.70. The molecule has 3 aliphatic heterocycles. The average Bonchev–Trinajstić information content (AvgIpc) is 3.15. The molecule has 3 heterocycles. The molecule has 2 saturated heterocycles. The van der Waals surface area contributed by atoms with Gasteiger partial charge >= 0.3 is 0 Å². The van der Waals surface area contributed by atoms with E-state index >= 15 is 0 Å². The molecule has 2 N–H and O–H groups in total. The Hall–Kier alpha value is -1.50. The number of halogens is 1. The van der Waals surface area contributed by atoms with E-state index in [0.29, 0.717) is 6.54 Å². The summed E-state index contributed by atoms with van der Waals surface area (Å²) in [6, 6.07) is 6.15. The zero-order chi connectivity index (χ0) is 17.1. The molecule has 3 aliphatic rings. The molecule has 1 atom stereocenters. The Morgan fingerprint density at radius 3 is 2.81 bits per heavy atom. The molecule has 0 bridgehead atoms. The molecule has 1 aromatic rings. The minimum absolute atomic E-state index is 0. The van der Waals surface area contributed by atoms with Crippen LogP contribution in [0.4, 0.5) is 0 Å². The summed E-state index contributed by atoms with van der Waals surface area (Å²) in [5.74, 6) is 1.84. The number of ether oxygens (including phenoxy) is 3. The van der Waals surface area contributed by atoms with Crippen LogP contribution in [0.1, 0.15) is 31.2 Å². The molecule has 2 fully saturated rings. The first kappa shape index (κ1) is 19.3. The number of amides is 1. The van der Waals surface area contributed by atoms with Crippen molar-refractivity contribution in [1.82, 2.24) is 10.6 Å². The molecule has 0 aromatic heterocycles. The Balaban J connectivity index is 0.00000196. The molecule has 1 unspecified atom stereocenters. The third kappa shape index (κ3) is 3.92. The van der Waals surface area contributed by atoms with Crippen LogP contribution in [-0.4, -0.2) is 45.5 Å². The Morgan fingerprint density at radius 2 is 2.04 bits per heavy atom. The summed E-state index contributed by atoms with van der Waals surface area (Å²) in [5, 5.41) is 6.53. The lowest BCUT2D eigenvalue weighted by molar-refractivity contribution is -0.126. The summed E-state index contributed by atoms with van der Waals surface area (Å²) >= 11 is 0. The SMILES string of the molecule is Cl.O=C(NCC1(c2ccc3c(c2)OCO3)CCOCC1)C1CCCNC1. The van der Waals surface area contributed by atoms with Crippen LogP contribution in [0.2, 0.25) is 0 Å². The van der Waals surface area contributed by atoms with E-state index in [9.17, 15) is 4.79 Å². The van der Waals surface area contributed by atoms with Gasteiger partial charge in [0, 0.05) is 31.7 Å². The second-order valence-corrected chi connectivity index (χ2v) is 7.22. The number of hydrogen-bond acceptors (Lipinski definition) is 5. The highest BCUT2D eigenvalue weighted by molar-refractivity contribution is 5.85. The number of carbonyl (C=O) groups is 1. The predicted molar refractivity (Wildman–Crippen MR) is 100 cm³/mol. The van der Waals surface area contributed by atoms with Crippen molar-refractivity contribution in [2.45, 2.75) is 31.1 Å². The van der Waals surface area contributed by atoms with Crippen LogP contribution in [0.5, 0.6) is 11.5 Å². The molecule has 0 radical (unpaired) electrons. The van der Waals surface area contributed by atoms with Crippen LogP contribution >= 0.6 is 12.4 Å². The summed E-state index contributed by atoms with van der Waals surface area (Å²) in [5.41, 5.74) is 1.10. The zero-order valence-corrected chi connectivity index (χ0v) is 15.7. The van der Waals surface area contributed by atoms with Crippen molar-refractivity contribution in [3.05, 3.63) is 23.8 Å². The highest BCUT2D eigenvalue weighted by atomic mass is 35.5. The number of fused-ring (bicyclic) bond motifs is 1. The Labute approximate surface area is 160 Å². The normalized spacial score (nSPS) is 23.8. The summed E-state index contributed by atoms with van der Waals surface area (Å²) in [6.07, 6.45) is 3.84. The molecule has 7 heteroatoms. The van der Waals surface area contributed by atoms with Gasteiger partial charge in [0.1, 0.15) is 0 Å². The minimum Gasteiger partial charge on any atom is -0.454 e. The van der Waals surface area contributed by atoms with Gasteiger partial charge in [0.2, 0.25) is 12.7 Å². The van der Waals surface area contributed by atoms with E-state index in [4.69, 9.17) is 14.2 Å². The Bertz CT molecular complexity index is 628. The third-order valence-electron chi connectivity index (χ3n) is 5.70. The van der Waals surface area contributed by atoms with Crippen LogP contribution in [0.25, 0.3) is 0 Å². The van der Waals surface area contributed by atoms with Gasteiger partial charge in [-0.3, -0.25) is 4.79 Å². The smallest absolute Gasteiger partial charge is 0.231 e. The fraction of sp³-hybridized carbons (Fsp3) is 0.632. The maximum atomic E-state index is 12.6. The van der Waals surface area contributed by atoms with Gasteiger partial charge < -0.3 is 24.8 Å². The summed E-state index contributed by atoms with van der Waals surface area (Å²) in [6.45, 7) is 4.16. The number of benzene rings is 1. The lowest BCUT2D eigenvalue weighted by Crippen LogP contribution is -2.48. The number of piperidine rings is 1. The fourth-order valence-electron chi connectivity index (χ4n) is 4.03. The molecule has 1 amide bonds. The molecule has 144 valence electrons. The van der Waals surface area contributed by atoms with Crippen molar-refractivity contribution >= 4 is 18.3 Å². The zero-order valence-electron chi connectivity index (χ0n) is 14.9. The van der Waals surface area contributed by atoms with E-state index in [2.05, 4.69) is 22.8 Å². The van der Waals surface area contributed by atoms with E-state index in [1.54, 1.807) is 0 Å². The van der Waals surface area contributed by atoms with Crippen molar-refractivity contribution in [2.75, 3.05) is 39.6 Å². The molecule has 26 heavy (non-hydrogen) atoms. The highest BCUT2D eigenvalue weighted by Crippen LogP contribution is 2.40. The van der Waals surface area contributed by atoms with Crippen molar-refractivity contribution in [3.8, 4) is 11.5 Å². The molecule has 6 nitrogen and oxygen atoms in total. The lowest BCUT2D eigenvalue weighted by Gasteiger charge is -2.38. The molecular formula is C19H27ClN2O4. The first-order valence-corrected chi connectivity index (χ1v) is 9.23. The first-order chi connectivity index (χ1) is 12.3. The van der Waals surface area contributed by atoms with Gasteiger partial charge in [0.05, 0.1) is 5.92 Å². The van der Waals surface area contributed by atoms with E-state index < -0.39 is 0 Å². The standard InChI is InChI=1S/C19H26N2O4.ClH/c22-18(14-2-1-7-20-11-14)21-12-19(5-8-23-9-6-19)15-3-4-16-17(10-15)25-13-24-16;/h3-4,10,14,20H,1-2,5-9,11-13H2,(H,21,22);1H. The number of nitrogens with one attached hydrogen (secondary N) is 2. The van der Waals surface area contributed by atoms with Gasteiger partial charge in [-0.1, -0.05) is 6.07 Å². The molecular weight excluding hydrogens is 356 g/mol. The van der Waals surface area contributed by atoms with Crippen LogP contribution in [0, 0.1) is 5.92 Å².